The van der Waals surface area contributed by atoms with Gasteiger partial charge in [-0.1, -0.05) is 0 Å². The highest BCUT2D eigenvalue weighted by Gasteiger charge is 2.35. The molecule has 0 aliphatic carbocycles. The third kappa shape index (κ3) is 5.08. The fourth-order valence-corrected chi connectivity index (χ4v) is 5.50. The van der Waals surface area contributed by atoms with Gasteiger partial charge in [-0.2, -0.15) is 5.10 Å². The van der Waals surface area contributed by atoms with Gasteiger partial charge in [0, 0.05) is 49.5 Å². The summed E-state index contributed by atoms with van der Waals surface area (Å²) in [6, 6.07) is 15.2. The van der Waals surface area contributed by atoms with Crippen LogP contribution in [0.15, 0.2) is 54.9 Å². The zero-order valence-electron chi connectivity index (χ0n) is 23.7. The van der Waals surface area contributed by atoms with E-state index in [9.17, 15) is 9.59 Å². The topological polar surface area (TPSA) is 102 Å². The van der Waals surface area contributed by atoms with E-state index < -0.39 is 0 Å². The van der Waals surface area contributed by atoms with E-state index in [1.807, 2.05) is 72.1 Å². The van der Waals surface area contributed by atoms with Crippen LogP contribution in [0.2, 0.25) is 0 Å². The number of benzene rings is 2. The number of carbonyl (C=O) groups excluding carboxylic acids is 2. The van der Waals surface area contributed by atoms with E-state index in [0.717, 1.165) is 54.3 Å². The molecule has 0 unspecified atom stereocenters. The number of aromatic nitrogens is 5. The summed E-state index contributed by atoms with van der Waals surface area (Å²) in [7, 11) is 5.67. The number of carbonyl (C=O) groups is 2. The molecule has 0 N–H and O–H groups in total. The standard InChI is InChI=1S/C30H34N8O3/c1-34(2)18-19-35-20-31-32-29(35)27-25-15-17-37(22-9-7-21(8-10-22)36-16-5-4-6-26(36)39)30(40)28(25)38(33-27)23-11-13-24(41-3)14-12-23/h7-14,20H,4-6,15-19H2,1-3H3. The summed E-state index contributed by atoms with van der Waals surface area (Å²) in [5.41, 5.74) is 4.43. The molecule has 0 saturated carbocycles. The second-order valence-electron chi connectivity index (χ2n) is 10.7. The van der Waals surface area contributed by atoms with Crippen LogP contribution in [0, 0.1) is 0 Å². The van der Waals surface area contributed by atoms with Gasteiger partial charge in [-0.15, -0.1) is 10.2 Å². The molecule has 0 spiro atoms. The summed E-state index contributed by atoms with van der Waals surface area (Å²) < 4.78 is 9.04. The Morgan fingerprint density at radius 3 is 2.27 bits per heavy atom. The summed E-state index contributed by atoms with van der Waals surface area (Å²) in [5.74, 6) is 1.38. The lowest BCUT2D eigenvalue weighted by atomic mass is 10.0. The lowest BCUT2D eigenvalue weighted by Gasteiger charge is -2.29. The summed E-state index contributed by atoms with van der Waals surface area (Å²) in [6.07, 6.45) is 4.84. The van der Waals surface area contributed by atoms with Crippen LogP contribution in [0.4, 0.5) is 11.4 Å². The molecule has 11 heteroatoms. The van der Waals surface area contributed by atoms with Crippen molar-refractivity contribution in [2.75, 3.05) is 50.6 Å². The van der Waals surface area contributed by atoms with Crippen molar-refractivity contribution in [3.05, 3.63) is 66.1 Å². The van der Waals surface area contributed by atoms with Gasteiger partial charge >= 0.3 is 0 Å². The van der Waals surface area contributed by atoms with Crippen molar-refractivity contribution in [1.29, 1.82) is 0 Å². The van der Waals surface area contributed by atoms with Gasteiger partial charge in [-0.05, 0) is 81.9 Å². The summed E-state index contributed by atoms with van der Waals surface area (Å²) >= 11 is 0. The normalized spacial score (nSPS) is 15.5. The van der Waals surface area contributed by atoms with Crippen molar-refractivity contribution in [1.82, 2.24) is 29.4 Å². The lowest BCUT2D eigenvalue weighted by Crippen LogP contribution is -2.39. The van der Waals surface area contributed by atoms with Crippen molar-refractivity contribution in [2.24, 2.45) is 0 Å². The number of methoxy groups -OCH3 is 1. The Morgan fingerprint density at radius 2 is 1.59 bits per heavy atom. The Labute approximate surface area is 238 Å². The maximum atomic E-state index is 14.2. The number of ether oxygens (including phenoxy) is 1. The highest BCUT2D eigenvalue weighted by molar-refractivity contribution is 6.08. The summed E-state index contributed by atoms with van der Waals surface area (Å²) in [5, 5.41) is 13.5. The quantitative estimate of drug-likeness (QED) is 0.329. The predicted molar refractivity (Wildman–Crippen MR) is 156 cm³/mol. The Morgan fingerprint density at radius 1 is 0.878 bits per heavy atom. The van der Waals surface area contributed by atoms with Gasteiger partial charge in [0.05, 0.1) is 12.8 Å². The van der Waals surface area contributed by atoms with Crippen LogP contribution in [-0.4, -0.2) is 82.1 Å². The van der Waals surface area contributed by atoms with Crippen LogP contribution in [0.25, 0.3) is 17.2 Å². The Hall–Kier alpha value is -4.51. The molecule has 6 rings (SSSR count). The maximum absolute atomic E-state index is 14.2. The average molecular weight is 555 g/mol. The minimum atomic E-state index is -0.137. The van der Waals surface area contributed by atoms with Gasteiger partial charge in [0.15, 0.2) is 5.82 Å². The highest BCUT2D eigenvalue weighted by atomic mass is 16.5. The van der Waals surface area contributed by atoms with Crippen LogP contribution in [0.3, 0.4) is 0 Å². The first kappa shape index (κ1) is 26.7. The lowest BCUT2D eigenvalue weighted by molar-refractivity contribution is -0.119. The third-order valence-corrected chi connectivity index (χ3v) is 7.75. The van der Waals surface area contributed by atoms with Crippen LogP contribution < -0.4 is 14.5 Å². The molecule has 2 aliphatic heterocycles. The van der Waals surface area contributed by atoms with Crippen LogP contribution >= 0.6 is 0 Å². The number of amides is 2. The Kier molecular flexibility index (Phi) is 7.27. The first-order valence-corrected chi connectivity index (χ1v) is 14.0. The molecule has 2 amide bonds. The molecule has 0 radical (unpaired) electrons. The molecule has 11 nitrogen and oxygen atoms in total. The van der Waals surface area contributed by atoms with E-state index in [2.05, 4.69) is 15.1 Å². The number of piperidine rings is 1. The van der Waals surface area contributed by atoms with Crippen LogP contribution in [0.1, 0.15) is 35.3 Å². The number of anilines is 2. The van der Waals surface area contributed by atoms with E-state index in [1.165, 1.54) is 0 Å². The van der Waals surface area contributed by atoms with Gasteiger partial charge in [-0.3, -0.25) is 9.59 Å². The van der Waals surface area contributed by atoms with Crippen molar-refractivity contribution in [2.45, 2.75) is 32.2 Å². The second-order valence-corrected chi connectivity index (χ2v) is 10.7. The zero-order chi connectivity index (χ0) is 28.5. The molecule has 2 aliphatic rings. The molecule has 4 heterocycles. The molecule has 1 fully saturated rings. The SMILES string of the molecule is COc1ccc(-n2nc(-c3nncn3CCN(C)C)c3c2C(=O)N(c2ccc(N4CCCCC4=O)cc2)CC3)cc1. The molecule has 1 saturated heterocycles. The number of nitrogens with zero attached hydrogens (tertiary/aromatic N) is 8. The van der Waals surface area contributed by atoms with Crippen molar-refractivity contribution >= 4 is 23.2 Å². The van der Waals surface area contributed by atoms with Gasteiger partial charge < -0.3 is 24.0 Å². The number of rotatable bonds is 8. The highest BCUT2D eigenvalue weighted by Crippen LogP contribution is 2.34. The number of fused-ring (bicyclic) bond motifs is 1. The smallest absolute Gasteiger partial charge is 0.277 e. The summed E-state index contributed by atoms with van der Waals surface area (Å²) in [6.45, 7) is 2.75. The number of hydrogen-bond donors (Lipinski definition) is 0. The van der Waals surface area contributed by atoms with E-state index in [0.29, 0.717) is 43.1 Å². The Balaban J connectivity index is 1.38. The first-order chi connectivity index (χ1) is 19.9. The fourth-order valence-electron chi connectivity index (χ4n) is 5.50. The molecule has 41 heavy (non-hydrogen) atoms. The molecule has 2 aromatic heterocycles. The van der Waals surface area contributed by atoms with Crippen molar-refractivity contribution < 1.29 is 14.3 Å². The van der Waals surface area contributed by atoms with E-state index >= 15 is 0 Å². The van der Waals surface area contributed by atoms with Gasteiger partial charge in [0.25, 0.3) is 5.91 Å². The minimum absolute atomic E-state index is 0.137. The molecule has 0 bridgehead atoms. The Bertz CT molecular complexity index is 1560. The first-order valence-electron chi connectivity index (χ1n) is 14.0. The number of hydrogen-bond acceptors (Lipinski definition) is 7. The molecular formula is C30H34N8O3. The molecular weight excluding hydrogens is 520 g/mol. The predicted octanol–water partition coefficient (Wildman–Crippen LogP) is 3.42. The molecule has 212 valence electrons. The van der Waals surface area contributed by atoms with Crippen molar-refractivity contribution in [3.63, 3.8) is 0 Å². The number of likely N-dealkylation sites (N-methyl/N-ethyl adjacent to an activating group) is 1. The zero-order valence-corrected chi connectivity index (χ0v) is 23.7. The van der Waals surface area contributed by atoms with Crippen LogP contribution in [0.5, 0.6) is 5.75 Å². The molecule has 0 atom stereocenters. The monoisotopic (exact) mass is 554 g/mol. The van der Waals surface area contributed by atoms with Gasteiger partial charge in [0.1, 0.15) is 23.5 Å². The van der Waals surface area contributed by atoms with E-state index in [4.69, 9.17) is 9.84 Å². The van der Waals surface area contributed by atoms with E-state index in [-0.39, 0.29) is 11.8 Å². The van der Waals surface area contributed by atoms with Crippen LogP contribution in [-0.2, 0) is 17.8 Å². The fraction of sp³-hybridized carbons (Fsp3) is 0.367. The minimum Gasteiger partial charge on any atom is -0.497 e. The third-order valence-electron chi connectivity index (χ3n) is 7.75. The largest absolute Gasteiger partial charge is 0.497 e. The van der Waals surface area contributed by atoms with Gasteiger partial charge in [0.2, 0.25) is 5.91 Å². The van der Waals surface area contributed by atoms with Crippen molar-refractivity contribution in [3.8, 4) is 23.0 Å². The average Bonchev–Trinajstić information content (AvgIpc) is 3.62. The van der Waals surface area contributed by atoms with Gasteiger partial charge in [-0.25, -0.2) is 4.68 Å². The molecule has 4 aromatic rings. The van der Waals surface area contributed by atoms with E-state index in [1.54, 1.807) is 23.0 Å². The molecule has 2 aromatic carbocycles. The summed E-state index contributed by atoms with van der Waals surface area (Å²) in [4.78, 5) is 32.3. The second kappa shape index (κ2) is 11.2. The maximum Gasteiger partial charge on any atom is 0.277 e.